The number of methoxy groups -OCH3 is 1. The molecule has 18 heavy (non-hydrogen) atoms. The van der Waals surface area contributed by atoms with Crippen LogP contribution in [0.15, 0.2) is 6.20 Å². The summed E-state index contributed by atoms with van der Waals surface area (Å²) in [6, 6.07) is 1.79. The number of rotatable bonds is 6. The van der Waals surface area contributed by atoms with E-state index in [2.05, 4.69) is 19.7 Å². The number of nitriles is 1. The SMILES string of the molecule is COC(=O)CCCS(=O)(=O)Nc1[nH]ncc1C#N. The summed E-state index contributed by atoms with van der Waals surface area (Å²) in [7, 11) is -2.39. The lowest BCUT2D eigenvalue weighted by atomic mass is 10.3. The van der Waals surface area contributed by atoms with Crippen LogP contribution in [0.3, 0.4) is 0 Å². The van der Waals surface area contributed by atoms with E-state index in [9.17, 15) is 13.2 Å². The zero-order valence-corrected chi connectivity index (χ0v) is 10.5. The molecule has 98 valence electrons. The minimum atomic E-state index is -3.62. The Hall–Kier alpha value is -2.08. The Kier molecular flexibility index (Phi) is 4.67. The first-order chi connectivity index (χ1) is 8.48. The van der Waals surface area contributed by atoms with Gasteiger partial charge in [0.15, 0.2) is 5.82 Å². The Bertz CT molecular complexity index is 557. The number of sulfonamides is 1. The minimum Gasteiger partial charge on any atom is -0.469 e. The number of aromatic amines is 1. The van der Waals surface area contributed by atoms with Crippen LogP contribution in [0.4, 0.5) is 5.82 Å². The Morgan fingerprint density at radius 3 is 3.00 bits per heavy atom. The highest BCUT2D eigenvalue weighted by Gasteiger charge is 2.15. The lowest BCUT2D eigenvalue weighted by Gasteiger charge is -2.05. The van der Waals surface area contributed by atoms with Crippen LogP contribution in [-0.4, -0.2) is 37.4 Å². The summed E-state index contributed by atoms with van der Waals surface area (Å²) in [6.45, 7) is 0. The molecular weight excluding hydrogens is 260 g/mol. The molecule has 9 heteroatoms. The maximum atomic E-state index is 11.6. The fourth-order valence-electron chi connectivity index (χ4n) is 1.16. The van der Waals surface area contributed by atoms with Crippen molar-refractivity contribution in [3.05, 3.63) is 11.8 Å². The third-order valence-corrected chi connectivity index (χ3v) is 3.38. The van der Waals surface area contributed by atoms with E-state index in [0.717, 1.165) is 0 Å². The molecule has 1 heterocycles. The molecule has 0 saturated heterocycles. The van der Waals surface area contributed by atoms with Crippen LogP contribution in [0.2, 0.25) is 0 Å². The monoisotopic (exact) mass is 272 g/mol. The molecule has 2 N–H and O–H groups in total. The molecule has 0 saturated carbocycles. The molecule has 8 nitrogen and oxygen atoms in total. The van der Waals surface area contributed by atoms with Crippen LogP contribution in [0.25, 0.3) is 0 Å². The number of ether oxygens (including phenoxy) is 1. The van der Waals surface area contributed by atoms with Crippen molar-refractivity contribution < 1.29 is 17.9 Å². The van der Waals surface area contributed by atoms with Gasteiger partial charge in [0.1, 0.15) is 11.6 Å². The lowest BCUT2D eigenvalue weighted by molar-refractivity contribution is -0.140. The molecule has 0 unspecified atom stereocenters. The van der Waals surface area contributed by atoms with Gasteiger partial charge in [0.25, 0.3) is 0 Å². The Morgan fingerprint density at radius 1 is 1.67 bits per heavy atom. The van der Waals surface area contributed by atoms with Crippen LogP contribution >= 0.6 is 0 Å². The van der Waals surface area contributed by atoms with Crippen molar-refractivity contribution in [1.82, 2.24) is 10.2 Å². The summed E-state index contributed by atoms with van der Waals surface area (Å²) in [5.41, 5.74) is 0.103. The van der Waals surface area contributed by atoms with E-state index in [0.29, 0.717) is 0 Å². The molecule has 0 bridgehead atoms. The number of hydrogen-bond donors (Lipinski definition) is 2. The second kappa shape index (κ2) is 6.02. The van der Waals surface area contributed by atoms with Gasteiger partial charge in [-0.15, -0.1) is 0 Å². The summed E-state index contributed by atoms with van der Waals surface area (Å²) in [6.07, 6.45) is 1.37. The van der Waals surface area contributed by atoms with Crippen LogP contribution in [-0.2, 0) is 19.6 Å². The van der Waals surface area contributed by atoms with Crippen LogP contribution in [0.1, 0.15) is 18.4 Å². The van der Waals surface area contributed by atoms with Gasteiger partial charge in [0.2, 0.25) is 10.0 Å². The van der Waals surface area contributed by atoms with Gasteiger partial charge in [-0.05, 0) is 6.42 Å². The number of nitrogens with zero attached hydrogens (tertiary/aromatic N) is 2. The molecule has 0 spiro atoms. The maximum Gasteiger partial charge on any atom is 0.305 e. The van der Waals surface area contributed by atoms with Gasteiger partial charge in [-0.25, -0.2) is 8.42 Å². The molecule has 0 amide bonds. The standard InChI is InChI=1S/C9H12N4O4S/c1-17-8(14)3-2-4-18(15,16)13-9-7(5-10)6-11-12-9/h6H,2-4H2,1H3,(H2,11,12,13). The highest BCUT2D eigenvalue weighted by molar-refractivity contribution is 7.92. The Balaban J connectivity index is 2.56. The van der Waals surface area contributed by atoms with Crippen molar-refractivity contribution >= 4 is 21.8 Å². The molecular formula is C9H12N4O4S. The van der Waals surface area contributed by atoms with Gasteiger partial charge < -0.3 is 4.74 Å². The fraction of sp³-hybridized carbons (Fsp3) is 0.444. The van der Waals surface area contributed by atoms with Gasteiger partial charge in [-0.1, -0.05) is 0 Å². The molecule has 0 fully saturated rings. The second-order valence-electron chi connectivity index (χ2n) is 3.37. The lowest BCUT2D eigenvalue weighted by Crippen LogP contribution is -2.18. The van der Waals surface area contributed by atoms with Gasteiger partial charge in [0, 0.05) is 6.42 Å². The Labute approximate surface area is 104 Å². The van der Waals surface area contributed by atoms with Crippen molar-refractivity contribution in [1.29, 1.82) is 5.26 Å². The summed E-state index contributed by atoms with van der Waals surface area (Å²) in [5, 5.41) is 14.6. The van der Waals surface area contributed by atoms with E-state index in [1.165, 1.54) is 13.3 Å². The van der Waals surface area contributed by atoms with Crippen molar-refractivity contribution in [2.75, 3.05) is 17.6 Å². The average molecular weight is 272 g/mol. The van der Waals surface area contributed by atoms with Gasteiger partial charge >= 0.3 is 5.97 Å². The summed E-state index contributed by atoms with van der Waals surface area (Å²) >= 11 is 0. The Morgan fingerprint density at radius 2 is 2.39 bits per heavy atom. The van der Waals surface area contributed by atoms with E-state index in [-0.39, 0.29) is 30.0 Å². The highest BCUT2D eigenvalue weighted by atomic mass is 32.2. The van der Waals surface area contributed by atoms with Crippen molar-refractivity contribution in [3.63, 3.8) is 0 Å². The number of carbonyl (C=O) groups is 1. The van der Waals surface area contributed by atoms with E-state index in [4.69, 9.17) is 5.26 Å². The third kappa shape index (κ3) is 4.06. The van der Waals surface area contributed by atoms with Gasteiger partial charge in [0.05, 0.1) is 19.1 Å². The molecule has 1 aromatic rings. The zero-order valence-electron chi connectivity index (χ0n) is 9.63. The first-order valence-corrected chi connectivity index (χ1v) is 6.64. The molecule has 0 aliphatic heterocycles. The van der Waals surface area contributed by atoms with Crippen molar-refractivity contribution in [2.45, 2.75) is 12.8 Å². The molecule has 0 radical (unpaired) electrons. The third-order valence-electron chi connectivity index (χ3n) is 2.04. The molecule has 1 rings (SSSR count). The summed E-state index contributed by atoms with van der Waals surface area (Å²) < 4.78 is 29.8. The second-order valence-corrected chi connectivity index (χ2v) is 5.21. The molecule has 0 aliphatic carbocycles. The molecule has 0 aromatic carbocycles. The van der Waals surface area contributed by atoms with Crippen LogP contribution in [0.5, 0.6) is 0 Å². The number of aromatic nitrogens is 2. The zero-order chi connectivity index (χ0) is 13.6. The first kappa shape index (κ1) is 14.0. The maximum absolute atomic E-state index is 11.6. The van der Waals surface area contributed by atoms with E-state index >= 15 is 0 Å². The van der Waals surface area contributed by atoms with Gasteiger partial charge in [-0.3, -0.25) is 14.6 Å². The van der Waals surface area contributed by atoms with E-state index in [1.54, 1.807) is 6.07 Å². The number of anilines is 1. The predicted octanol–water partition coefficient (Wildman–Crippen LogP) is -0.0237. The van der Waals surface area contributed by atoms with Gasteiger partial charge in [-0.2, -0.15) is 10.4 Å². The molecule has 1 aromatic heterocycles. The summed E-state index contributed by atoms with van der Waals surface area (Å²) in [4.78, 5) is 10.8. The highest BCUT2D eigenvalue weighted by Crippen LogP contribution is 2.11. The topological polar surface area (TPSA) is 125 Å². The fourth-order valence-corrected chi connectivity index (χ4v) is 2.26. The average Bonchev–Trinajstić information content (AvgIpc) is 2.74. The largest absolute Gasteiger partial charge is 0.469 e. The smallest absolute Gasteiger partial charge is 0.305 e. The first-order valence-electron chi connectivity index (χ1n) is 4.99. The normalized spacial score (nSPS) is 10.7. The quantitative estimate of drug-likeness (QED) is 0.701. The summed E-state index contributed by atoms with van der Waals surface area (Å²) in [5.74, 6) is -0.688. The molecule has 0 atom stereocenters. The number of hydrogen-bond acceptors (Lipinski definition) is 6. The number of esters is 1. The number of nitrogens with one attached hydrogen (secondary N) is 2. The van der Waals surface area contributed by atoms with Crippen molar-refractivity contribution in [2.24, 2.45) is 0 Å². The van der Waals surface area contributed by atoms with E-state index < -0.39 is 16.0 Å². The molecule has 0 aliphatic rings. The van der Waals surface area contributed by atoms with Crippen LogP contribution < -0.4 is 4.72 Å². The minimum absolute atomic E-state index is 0.0193. The number of carbonyl (C=O) groups excluding carboxylic acids is 1. The number of H-pyrrole nitrogens is 1. The predicted molar refractivity (Wildman–Crippen MR) is 62.0 cm³/mol. The van der Waals surface area contributed by atoms with Crippen LogP contribution in [0, 0.1) is 11.3 Å². The van der Waals surface area contributed by atoms with Crippen molar-refractivity contribution in [3.8, 4) is 6.07 Å². The van der Waals surface area contributed by atoms with E-state index in [1.807, 2.05) is 0 Å².